The molecule has 0 aliphatic heterocycles. The quantitative estimate of drug-likeness (QED) is 0.639. The average molecular weight is 278 g/mol. The Morgan fingerprint density at radius 2 is 1.95 bits per heavy atom. The molecule has 1 aromatic carbocycles. The molecule has 20 heavy (non-hydrogen) atoms. The van der Waals surface area contributed by atoms with E-state index in [9.17, 15) is 9.90 Å². The van der Waals surface area contributed by atoms with Crippen LogP contribution < -0.4 is 11.1 Å². The second kappa shape index (κ2) is 8.59. The number of rotatable bonds is 8. The van der Waals surface area contributed by atoms with Crippen molar-refractivity contribution in [2.24, 2.45) is 5.73 Å². The summed E-state index contributed by atoms with van der Waals surface area (Å²) in [6.07, 6.45) is 4.98. The molecular weight excluding hydrogens is 252 g/mol. The van der Waals surface area contributed by atoms with E-state index < -0.39 is 6.04 Å². The average Bonchev–Trinajstić information content (AvgIpc) is 2.41. The van der Waals surface area contributed by atoms with Crippen LogP contribution in [-0.2, 0) is 11.2 Å². The van der Waals surface area contributed by atoms with Gasteiger partial charge >= 0.3 is 0 Å². The molecule has 1 unspecified atom stereocenters. The summed E-state index contributed by atoms with van der Waals surface area (Å²) in [6.45, 7) is 4.18. The zero-order chi connectivity index (χ0) is 15.0. The third kappa shape index (κ3) is 6.06. The molecule has 4 N–H and O–H groups in total. The van der Waals surface area contributed by atoms with Gasteiger partial charge in [0.1, 0.15) is 5.75 Å². The van der Waals surface area contributed by atoms with Gasteiger partial charge in [0.2, 0.25) is 5.91 Å². The van der Waals surface area contributed by atoms with E-state index in [0.29, 0.717) is 6.42 Å². The Morgan fingerprint density at radius 3 is 2.55 bits per heavy atom. The summed E-state index contributed by atoms with van der Waals surface area (Å²) < 4.78 is 0. The highest BCUT2D eigenvalue weighted by Gasteiger charge is 2.16. The predicted molar refractivity (Wildman–Crippen MR) is 81.5 cm³/mol. The van der Waals surface area contributed by atoms with Crippen molar-refractivity contribution in [3.8, 4) is 5.75 Å². The Morgan fingerprint density at radius 1 is 1.30 bits per heavy atom. The van der Waals surface area contributed by atoms with E-state index in [2.05, 4.69) is 12.2 Å². The number of phenolic OH excluding ortho intramolecular Hbond substituents is 1. The van der Waals surface area contributed by atoms with Crippen molar-refractivity contribution in [3.63, 3.8) is 0 Å². The highest BCUT2D eigenvalue weighted by atomic mass is 16.3. The summed E-state index contributed by atoms with van der Waals surface area (Å²) in [5, 5.41) is 12.2. The number of phenols is 1. The molecule has 0 aliphatic carbocycles. The smallest absolute Gasteiger partial charge is 0.237 e. The van der Waals surface area contributed by atoms with E-state index in [1.165, 1.54) is 12.8 Å². The van der Waals surface area contributed by atoms with E-state index in [-0.39, 0.29) is 17.7 Å². The first-order chi connectivity index (χ1) is 9.52. The summed E-state index contributed by atoms with van der Waals surface area (Å²) in [5.74, 6) is 0.110. The van der Waals surface area contributed by atoms with Crippen LogP contribution in [0.1, 0.15) is 45.1 Å². The maximum absolute atomic E-state index is 12.0. The maximum Gasteiger partial charge on any atom is 0.237 e. The minimum atomic E-state index is -0.548. The molecule has 1 amide bonds. The number of hydrogen-bond acceptors (Lipinski definition) is 3. The van der Waals surface area contributed by atoms with Crippen LogP contribution in [0.25, 0.3) is 0 Å². The maximum atomic E-state index is 12.0. The van der Waals surface area contributed by atoms with Crippen molar-refractivity contribution >= 4 is 5.91 Å². The topological polar surface area (TPSA) is 75.4 Å². The lowest BCUT2D eigenvalue weighted by atomic mass is 10.0. The fourth-order valence-electron chi connectivity index (χ4n) is 2.10. The Labute approximate surface area is 121 Å². The first kappa shape index (κ1) is 16.5. The fraction of sp³-hybridized carbons (Fsp3) is 0.562. The van der Waals surface area contributed by atoms with E-state index in [1.807, 2.05) is 6.92 Å². The summed E-state index contributed by atoms with van der Waals surface area (Å²) in [6, 6.07) is 6.40. The van der Waals surface area contributed by atoms with E-state index in [0.717, 1.165) is 18.4 Å². The normalized spacial score (nSPS) is 13.8. The fourth-order valence-corrected chi connectivity index (χ4v) is 2.10. The summed E-state index contributed by atoms with van der Waals surface area (Å²) >= 11 is 0. The number of nitrogens with two attached hydrogens (primary N) is 1. The number of carbonyl (C=O) groups excluding carboxylic acids is 1. The number of benzene rings is 1. The van der Waals surface area contributed by atoms with Crippen LogP contribution in [0.5, 0.6) is 5.75 Å². The minimum absolute atomic E-state index is 0.109. The summed E-state index contributed by atoms with van der Waals surface area (Å²) in [5.41, 5.74) is 6.86. The predicted octanol–water partition coefficient (Wildman–Crippen LogP) is 2.35. The Bertz CT molecular complexity index is 403. The van der Waals surface area contributed by atoms with Crippen molar-refractivity contribution in [2.45, 2.75) is 58.0 Å². The zero-order valence-corrected chi connectivity index (χ0v) is 12.4. The third-order valence-corrected chi connectivity index (χ3v) is 3.36. The highest BCUT2D eigenvalue weighted by molar-refractivity contribution is 5.82. The number of aromatic hydroxyl groups is 1. The largest absolute Gasteiger partial charge is 0.508 e. The monoisotopic (exact) mass is 278 g/mol. The van der Waals surface area contributed by atoms with Gasteiger partial charge in [0, 0.05) is 6.04 Å². The SMILES string of the molecule is CCCCCC(C)NC(=O)[C@@H](N)Cc1ccc(O)cc1. The second-order valence-corrected chi connectivity index (χ2v) is 5.38. The van der Waals surface area contributed by atoms with Gasteiger partial charge in [-0.15, -0.1) is 0 Å². The third-order valence-electron chi connectivity index (χ3n) is 3.36. The van der Waals surface area contributed by atoms with E-state index in [4.69, 9.17) is 5.73 Å². The van der Waals surface area contributed by atoms with Crippen molar-refractivity contribution < 1.29 is 9.90 Å². The van der Waals surface area contributed by atoms with Gasteiger partial charge in [-0.2, -0.15) is 0 Å². The molecule has 0 saturated heterocycles. The lowest BCUT2D eigenvalue weighted by molar-refractivity contribution is -0.123. The van der Waals surface area contributed by atoms with Crippen LogP contribution in [0.3, 0.4) is 0 Å². The van der Waals surface area contributed by atoms with E-state index >= 15 is 0 Å². The van der Waals surface area contributed by atoms with Gasteiger partial charge in [-0.1, -0.05) is 38.3 Å². The molecule has 1 rings (SSSR count). The van der Waals surface area contributed by atoms with Crippen LogP contribution >= 0.6 is 0 Å². The van der Waals surface area contributed by atoms with Crippen LogP contribution in [0, 0.1) is 0 Å². The molecule has 0 saturated carbocycles. The standard InChI is InChI=1S/C16H26N2O2/c1-3-4-5-6-12(2)18-16(20)15(17)11-13-7-9-14(19)10-8-13/h7-10,12,15,19H,3-6,11,17H2,1-2H3,(H,18,20)/t12?,15-/m0/s1. The molecule has 4 heteroatoms. The number of amides is 1. The molecule has 0 aromatic heterocycles. The van der Waals surface area contributed by atoms with Gasteiger partial charge in [-0.3, -0.25) is 4.79 Å². The van der Waals surface area contributed by atoms with E-state index in [1.54, 1.807) is 24.3 Å². The summed E-state index contributed by atoms with van der Waals surface area (Å²) in [7, 11) is 0. The Balaban J connectivity index is 2.36. The molecule has 0 spiro atoms. The number of carbonyl (C=O) groups is 1. The van der Waals surface area contributed by atoms with Crippen LogP contribution in [0.2, 0.25) is 0 Å². The number of unbranched alkanes of at least 4 members (excludes halogenated alkanes) is 2. The first-order valence-corrected chi connectivity index (χ1v) is 7.36. The molecular formula is C16H26N2O2. The number of hydrogen-bond donors (Lipinski definition) is 3. The first-order valence-electron chi connectivity index (χ1n) is 7.36. The molecule has 0 bridgehead atoms. The van der Waals surface area contributed by atoms with Gasteiger partial charge in [-0.25, -0.2) is 0 Å². The van der Waals surface area contributed by atoms with Gasteiger partial charge in [0.25, 0.3) is 0 Å². The van der Waals surface area contributed by atoms with Crippen LogP contribution in [-0.4, -0.2) is 23.1 Å². The second-order valence-electron chi connectivity index (χ2n) is 5.38. The van der Waals surface area contributed by atoms with Gasteiger partial charge in [0.05, 0.1) is 6.04 Å². The minimum Gasteiger partial charge on any atom is -0.508 e. The summed E-state index contributed by atoms with van der Waals surface area (Å²) in [4.78, 5) is 12.0. The zero-order valence-electron chi connectivity index (χ0n) is 12.4. The van der Waals surface area contributed by atoms with Crippen LogP contribution in [0.4, 0.5) is 0 Å². The molecule has 4 nitrogen and oxygen atoms in total. The Kier molecular flexibility index (Phi) is 7.09. The van der Waals surface area contributed by atoms with Crippen molar-refractivity contribution in [1.82, 2.24) is 5.32 Å². The lowest BCUT2D eigenvalue weighted by Crippen LogP contribution is -2.45. The lowest BCUT2D eigenvalue weighted by Gasteiger charge is -2.17. The molecule has 2 atom stereocenters. The van der Waals surface area contributed by atoms with Gasteiger partial charge in [0.15, 0.2) is 0 Å². The van der Waals surface area contributed by atoms with Crippen molar-refractivity contribution in [3.05, 3.63) is 29.8 Å². The van der Waals surface area contributed by atoms with Crippen molar-refractivity contribution in [1.29, 1.82) is 0 Å². The molecule has 1 aromatic rings. The van der Waals surface area contributed by atoms with Gasteiger partial charge in [-0.05, 0) is 37.5 Å². The highest BCUT2D eigenvalue weighted by Crippen LogP contribution is 2.11. The van der Waals surface area contributed by atoms with Gasteiger partial charge < -0.3 is 16.2 Å². The molecule has 0 fully saturated rings. The van der Waals surface area contributed by atoms with Crippen molar-refractivity contribution in [2.75, 3.05) is 0 Å². The Hall–Kier alpha value is -1.55. The molecule has 0 aliphatic rings. The number of nitrogens with one attached hydrogen (secondary N) is 1. The molecule has 0 radical (unpaired) electrons. The van der Waals surface area contributed by atoms with Crippen LogP contribution in [0.15, 0.2) is 24.3 Å². The molecule has 0 heterocycles. The molecule has 112 valence electrons.